The minimum absolute atomic E-state index is 0.148. The molecule has 2 aliphatic rings. The number of benzene rings is 2. The van der Waals surface area contributed by atoms with Crippen molar-refractivity contribution in [3.63, 3.8) is 0 Å². The number of tetrazole rings is 1. The van der Waals surface area contributed by atoms with Crippen molar-refractivity contribution in [1.82, 2.24) is 55.3 Å². The van der Waals surface area contributed by atoms with E-state index in [1.807, 2.05) is 54.3 Å². The predicted molar refractivity (Wildman–Crippen MR) is 204 cm³/mol. The van der Waals surface area contributed by atoms with E-state index in [0.717, 1.165) is 16.8 Å². The highest BCUT2D eigenvalue weighted by atomic mass is 16.3. The van der Waals surface area contributed by atoms with Crippen LogP contribution in [0.25, 0.3) is 11.2 Å². The topological polar surface area (TPSA) is 237 Å². The van der Waals surface area contributed by atoms with Crippen molar-refractivity contribution in [2.24, 2.45) is 0 Å². The van der Waals surface area contributed by atoms with E-state index in [1.54, 1.807) is 41.4 Å². The number of phenols is 2. The number of imidazole rings is 1. The van der Waals surface area contributed by atoms with Crippen molar-refractivity contribution in [1.29, 1.82) is 0 Å². The van der Waals surface area contributed by atoms with Crippen LogP contribution in [0.4, 0.5) is 16.6 Å². The van der Waals surface area contributed by atoms with Gasteiger partial charge in [-0.25, -0.2) is 9.78 Å². The van der Waals surface area contributed by atoms with E-state index in [1.165, 1.54) is 4.80 Å². The molecule has 0 bridgehead atoms. The van der Waals surface area contributed by atoms with Crippen molar-refractivity contribution >= 4 is 29.0 Å². The molecule has 0 radical (unpaired) electrons. The number of rotatable bonds is 12. The molecule has 18 nitrogen and oxygen atoms in total. The van der Waals surface area contributed by atoms with Crippen molar-refractivity contribution in [3.05, 3.63) is 102 Å². The molecule has 7 N–H and O–H groups in total. The Hall–Kier alpha value is -6.40. The molecule has 0 spiro atoms. The van der Waals surface area contributed by atoms with Gasteiger partial charge in [0, 0.05) is 44.2 Å². The number of aromatic nitrogens is 9. The molecule has 4 aromatic heterocycles. The molecule has 5 heterocycles. The molecule has 2 fully saturated rings. The lowest BCUT2D eigenvalue weighted by Gasteiger charge is -2.22. The van der Waals surface area contributed by atoms with Crippen LogP contribution in [0.2, 0.25) is 0 Å². The highest BCUT2D eigenvalue weighted by molar-refractivity contribution is 5.84. The molecular formula is C38H43N13O5. The first-order valence-electron chi connectivity index (χ1n) is 18.6. The number of aliphatic hydroxyl groups is 2. The largest absolute Gasteiger partial charge is 0.508 e. The molecule has 5 atom stereocenters. The zero-order valence-electron chi connectivity index (χ0n) is 30.6. The number of aliphatic hydroxyl groups excluding tert-OH is 2. The zero-order valence-corrected chi connectivity index (χ0v) is 30.6. The predicted octanol–water partition coefficient (Wildman–Crippen LogP) is 2.41. The van der Waals surface area contributed by atoms with Gasteiger partial charge >= 0.3 is 6.03 Å². The summed E-state index contributed by atoms with van der Waals surface area (Å²) in [5.74, 6) is 1.47. The number of carbonyl (C=O) groups is 1. The number of amides is 2. The number of aryl methyl sites for hydroxylation is 1. The van der Waals surface area contributed by atoms with Crippen LogP contribution in [0.15, 0.2) is 79.3 Å². The molecule has 1 aliphatic heterocycles. The van der Waals surface area contributed by atoms with E-state index < -0.39 is 24.3 Å². The summed E-state index contributed by atoms with van der Waals surface area (Å²) in [6.45, 7) is 3.59. The van der Waals surface area contributed by atoms with Crippen LogP contribution in [0, 0.1) is 0 Å². The number of phenolic OH excluding ortho intramolecular Hbond substituents is 2. The minimum atomic E-state index is -1.18. The van der Waals surface area contributed by atoms with Crippen LogP contribution in [0.1, 0.15) is 60.4 Å². The summed E-state index contributed by atoms with van der Waals surface area (Å²) < 4.78 is 1.77. The van der Waals surface area contributed by atoms with Gasteiger partial charge in [-0.3, -0.25) is 4.98 Å². The third kappa shape index (κ3) is 7.60. The van der Waals surface area contributed by atoms with E-state index in [0.29, 0.717) is 74.2 Å². The van der Waals surface area contributed by atoms with Crippen LogP contribution in [0.3, 0.4) is 0 Å². The van der Waals surface area contributed by atoms with Crippen LogP contribution >= 0.6 is 0 Å². The smallest absolute Gasteiger partial charge is 0.315 e. The Morgan fingerprint density at radius 1 is 0.929 bits per heavy atom. The molecule has 18 heteroatoms. The first-order valence-corrected chi connectivity index (χ1v) is 18.6. The van der Waals surface area contributed by atoms with E-state index in [-0.39, 0.29) is 29.5 Å². The molecular weight excluding hydrogens is 719 g/mol. The Bertz CT molecular complexity index is 2220. The Labute approximate surface area is 321 Å². The molecule has 56 heavy (non-hydrogen) atoms. The van der Waals surface area contributed by atoms with Gasteiger partial charge in [-0.05, 0) is 65.6 Å². The number of carbonyl (C=O) groups excluding carboxylic acids is 1. The molecule has 1 saturated carbocycles. The van der Waals surface area contributed by atoms with Crippen LogP contribution in [-0.4, -0.2) is 109 Å². The molecule has 8 rings (SSSR count). The number of nitrogens with one attached hydrogen (secondary N) is 3. The minimum Gasteiger partial charge on any atom is -0.508 e. The first-order chi connectivity index (χ1) is 27.2. The number of anilines is 2. The normalized spacial score (nSPS) is 20.9. The molecule has 2 amide bonds. The molecule has 2 aromatic carbocycles. The number of hydrogen-bond donors (Lipinski definition) is 7. The monoisotopic (exact) mass is 761 g/mol. The van der Waals surface area contributed by atoms with Crippen LogP contribution in [-0.2, 0) is 13.0 Å². The molecule has 1 saturated heterocycles. The average molecular weight is 762 g/mol. The Kier molecular flexibility index (Phi) is 10.3. The number of hydrogen-bond acceptors (Lipinski definition) is 14. The lowest BCUT2D eigenvalue weighted by Crippen LogP contribution is -2.43. The third-order valence-electron chi connectivity index (χ3n) is 10.5. The summed E-state index contributed by atoms with van der Waals surface area (Å²) in [7, 11) is 0. The lowest BCUT2D eigenvalue weighted by molar-refractivity contribution is 0.00473. The highest BCUT2D eigenvalue weighted by Crippen LogP contribution is 2.40. The number of pyridine rings is 1. The van der Waals surface area contributed by atoms with Crippen LogP contribution in [0.5, 0.6) is 11.5 Å². The second-order valence-corrected chi connectivity index (χ2v) is 14.1. The fourth-order valence-electron chi connectivity index (χ4n) is 7.45. The van der Waals surface area contributed by atoms with Crippen molar-refractivity contribution in [2.75, 3.05) is 29.9 Å². The summed E-state index contributed by atoms with van der Waals surface area (Å²) in [5.41, 5.74) is 3.51. The quantitative estimate of drug-likeness (QED) is 0.0949. The van der Waals surface area contributed by atoms with E-state index in [9.17, 15) is 25.2 Å². The van der Waals surface area contributed by atoms with E-state index in [4.69, 9.17) is 15.0 Å². The number of nitrogens with zero attached hydrogens (tertiary/aromatic N) is 10. The van der Waals surface area contributed by atoms with Crippen LogP contribution < -0.4 is 20.9 Å². The zero-order chi connectivity index (χ0) is 38.8. The summed E-state index contributed by atoms with van der Waals surface area (Å²) >= 11 is 0. The van der Waals surface area contributed by atoms with Crippen molar-refractivity contribution in [3.8, 4) is 11.5 Å². The number of fused-ring (bicyclic) bond motifs is 1. The van der Waals surface area contributed by atoms with Gasteiger partial charge in [-0.1, -0.05) is 37.3 Å². The van der Waals surface area contributed by atoms with Crippen molar-refractivity contribution in [2.45, 2.75) is 69.0 Å². The number of aromatic hydroxyl groups is 2. The van der Waals surface area contributed by atoms with Crippen molar-refractivity contribution < 1.29 is 25.2 Å². The van der Waals surface area contributed by atoms with E-state index in [2.05, 4.69) is 36.3 Å². The van der Waals surface area contributed by atoms with Gasteiger partial charge in [-0.15, -0.1) is 10.2 Å². The van der Waals surface area contributed by atoms with Gasteiger partial charge in [0.15, 0.2) is 22.8 Å². The van der Waals surface area contributed by atoms with Gasteiger partial charge in [-0.2, -0.15) is 14.8 Å². The van der Waals surface area contributed by atoms with Gasteiger partial charge < -0.3 is 45.8 Å². The third-order valence-corrected chi connectivity index (χ3v) is 10.5. The summed E-state index contributed by atoms with van der Waals surface area (Å²) in [4.78, 5) is 35.1. The summed E-state index contributed by atoms with van der Waals surface area (Å²) in [5, 5.41) is 64.6. The second-order valence-electron chi connectivity index (χ2n) is 14.1. The fraction of sp³-hybridized carbons (Fsp3) is 0.368. The standard InChI is InChI=1S/C38H43N13O5/c1-2-31-46-48-51(47-31)30-17-29(33(54)34(30)55)50-21-42-32-35(40-19-28(22-6-10-26(52)11-7-22)23-8-12-27(53)13-9-23)44-37(45-36(32)50)49-16-14-25(20-49)43-38(56)41-18-24-5-3-4-15-39-24/h3-13,15,21,25,28-30,33-34,52-55H,2,14,16-20H2,1H3,(H,40,44,45)(H2,41,43,56)/t25?,29-,30+,33+,34-/m1/s1. The van der Waals surface area contributed by atoms with Gasteiger partial charge in [0.1, 0.15) is 29.7 Å². The molecule has 1 unspecified atom stereocenters. The fourth-order valence-corrected chi connectivity index (χ4v) is 7.45. The van der Waals surface area contributed by atoms with Gasteiger partial charge in [0.05, 0.1) is 24.6 Å². The summed E-state index contributed by atoms with van der Waals surface area (Å²) in [6, 6.07) is 17.8. The van der Waals surface area contributed by atoms with Gasteiger partial charge in [0.25, 0.3) is 0 Å². The van der Waals surface area contributed by atoms with E-state index >= 15 is 0 Å². The SMILES string of the molecule is CCc1nnn([C@H]2C[C@@H](n3cnc4c(NCC(c5ccc(O)cc5)c5ccc(O)cc5)nc(N5CCC(NC(=O)NCc6ccccn6)C5)nc43)[C@H](O)[C@@H]2O)n1. The molecule has 290 valence electrons. The highest BCUT2D eigenvalue weighted by Gasteiger charge is 2.45. The maximum absolute atomic E-state index is 12.8. The van der Waals surface area contributed by atoms with Gasteiger partial charge in [0.2, 0.25) is 5.95 Å². The Morgan fingerprint density at radius 2 is 1.66 bits per heavy atom. The molecule has 1 aliphatic carbocycles. The Balaban J connectivity index is 1.09. The maximum Gasteiger partial charge on any atom is 0.315 e. The average Bonchev–Trinajstić information content (AvgIpc) is 4.03. The second kappa shape index (κ2) is 15.8. The Morgan fingerprint density at radius 3 is 2.34 bits per heavy atom. The maximum atomic E-state index is 12.8. The lowest BCUT2D eigenvalue weighted by atomic mass is 9.91. The summed E-state index contributed by atoms with van der Waals surface area (Å²) in [6.07, 6.45) is 2.47. The number of urea groups is 1. The molecule has 6 aromatic rings. The first kappa shape index (κ1) is 36.6.